The average Bonchev–Trinajstić information content (AvgIpc) is 3.45. The zero-order valence-electron chi connectivity index (χ0n) is 15.9. The van der Waals surface area contributed by atoms with Gasteiger partial charge in [-0.3, -0.25) is 0 Å². The fourth-order valence-corrected chi connectivity index (χ4v) is 6.55. The van der Waals surface area contributed by atoms with Crippen LogP contribution in [-0.4, -0.2) is 30.5 Å². The van der Waals surface area contributed by atoms with Crippen LogP contribution in [0.5, 0.6) is 5.88 Å². The number of aromatic nitrogens is 3. The van der Waals surface area contributed by atoms with Crippen molar-refractivity contribution in [3.63, 3.8) is 0 Å². The second-order valence-electron chi connectivity index (χ2n) is 7.08. The Balaban J connectivity index is 1.68. The van der Waals surface area contributed by atoms with E-state index in [1.54, 1.807) is 37.6 Å². The number of nitrogens with zero attached hydrogens (tertiary/aromatic N) is 3. The largest absolute Gasteiger partial charge is 0.481 e. The molecule has 0 aliphatic heterocycles. The Kier molecular flexibility index (Phi) is 4.53. The molecule has 30 heavy (non-hydrogen) atoms. The Labute approximate surface area is 182 Å². The summed E-state index contributed by atoms with van der Waals surface area (Å²) in [5.74, 6) is 0.817. The van der Waals surface area contributed by atoms with E-state index >= 15 is 0 Å². The smallest absolute Gasteiger partial charge is 0.212 e. The number of fused-ring (bicyclic) bond motifs is 1. The summed E-state index contributed by atoms with van der Waals surface area (Å²) in [7, 11) is -2.15. The van der Waals surface area contributed by atoms with Gasteiger partial charge in [-0.05, 0) is 48.6 Å². The van der Waals surface area contributed by atoms with Gasteiger partial charge in [-0.1, -0.05) is 17.7 Å². The van der Waals surface area contributed by atoms with Gasteiger partial charge < -0.3 is 4.74 Å². The molecule has 1 aliphatic rings. The standard InChI is InChI=1S/C21H16ClN3O3S2/c1-28-17-6-5-13(12-23-17)18-19-16(7-10-29-19)24-20(25-18)21(8-9-21)30(26,27)15-4-2-3-14(22)11-15/h2-7,10-12H,8-9H2,1H3. The van der Waals surface area contributed by atoms with E-state index in [-0.39, 0.29) is 4.90 Å². The summed E-state index contributed by atoms with van der Waals surface area (Å²) in [6.07, 6.45) is 2.62. The highest BCUT2D eigenvalue weighted by Crippen LogP contribution is 2.54. The van der Waals surface area contributed by atoms with E-state index < -0.39 is 14.6 Å². The van der Waals surface area contributed by atoms with Gasteiger partial charge in [0, 0.05) is 22.8 Å². The van der Waals surface area contributed by atoms with Crippen LogP contribution >= 0.6 is 22.9 Å². The summed E-state index contributed by atoms with van der Waals surface area (Å²) in [6.45, 7) is 0. The molecule has 152 valence electrons. The predicted molar refractivity (Wildman–Crippen MR) is 117 cm³/mol. The van der Waals surface area contributed by atoms with E-state index in [0.717, 1.165) is 15.8 Å². The maximum atomic E-state index is 13.5. The molecule has 1 aliphatic carbocycles. The van der Waals surface area contributed by atoms with E-state index in [2.05, 4.69) is 9.97 Å². The minimum absolute atomic E-state index is 0.189. The Hall–Kier alpha value is -2.55. The molecule has 0 amide bonds. The Morgan fingerprint density at radius 2 is 1.97 bits per heavy atom. The number of halogens is 1. The normalized spacial score (nSPS) is 15.3. The third-order valence-corrected chi connectivity index (χ3v) is 8.89. The third-order valence-electron chi connectivity index (χ3n) is 5.25. The van der Waals surface area contributed by atoms with Gasteiger partial charge in [0.2, 0.25) is 5.88 Å². The maximum absolute atomic E-state index is 13.5. The first kappa shape index (κ1) is 19.4. The summed E-state index contributed by atoms with van der Waals surface area (Å²) in [4.78, 5) is 13.9. The van der Waals surface area contributed by atoms with Crippen LogP contribution in [0.25, 0.3) is 21.5 Å². The van der Waals surface area contributed by atoms with Crippen molar-refractivity contribution in [3.8, 4) is 17.1 Å². The van der Waals surface area contributed by atoms with Gasteiger partial charge in [-0.15, -0.1) is 11.3 Å². The van der Waals surface area contributed by atoms with Crippen molar-refractivity contribution >= 4 is 43.0 Å². The number of rotatable bonds is 5. The Morgan fingerprint density at radius 1 is 1.13 bits per heavy atom. The number of benzene rings is 1. The Morgan fingerprint density at radius 3 is 2.63 bits per heavy atom. The van der Waals surface area contributed by atoms with Gasteiger partial charge in [-0.25, -0.2) is 23.4 Å². The van der Waals surface area contributed by atoms with E-state index in [0.29, 0.717) is 35.3 Å². The van der Waals surface area contributed by atoms with Crippen LogP contribution in [0.2, 0.25) is 5.02 Å². The molecule has 0 radical (unpaired) electrons. The van der Waals surface area contributed by atoms with Gasteiger partial charge in [0.15, 0.2) is 15.7 Å². The summed E-state index contributed by atoms with van der Waals surface area (Å²) in [6, 6.07) is 11.8. The number of ether oxygens (including phenoxy) is 1. The molecule has 1 saturated carbocycles. The topological polar surface area (TPSA) is 82.0 Å². The molecule has 3 heterocycles. The molecule has 0 N–H and O–H groups in total. The van der Waals surface area contributed by atoms with Gasteiger partial charge in [0.05, 0.1) is 27.9 Å². The molecule has 0 unspecified atom stereocenters. The van der Waals surface area contributed by atoms with Crippen LogP contribution in [0.4, 0.5) is 0 Å². The summed E-state index contributed by atoms with van der Waals surface area (Å²) in [5, 5.41) is 2.31. The fourth-order valence-electron chi connectivity index (χ4n) is 3.49. The molecule has 4 aromatic rings. The summed E-state index contributed by atoms with van der Waals surface area (Å²) < 4.78 is 31.9. The third kappa shape index (κ3) is 2.98. The molecular formula is C21H16ClN3O3S2. The monoisotopic (exact) mass is 457 g/mol. The lowest BCUT2D eigenvalue weighted by atomic mass is 10.2. The molecule has 0 spiro atoms. The first-order valence-electron chi connectivity index (χ1n) is 9.21. The second-order valence-corrected chi connectivity index (χ2v) is 10.7. The molecule has 9 heteroatoms. The van der Waals surface area contributed by atoms with Crippen molar-refractivity contribution in [2.24, 2.45) is 0 Å². The number of thiophene rings is 1. The number of sulfone groups is 1. The van der Waals surface area contributed by atoms with Crippen LogP contribution in [-0.2, 0) is 14.6 Å². The van der Waals surface area contributed by atoms with Crippen molar-refractivity contribution < 1.29 is 13.2 Å². The summed E-state index contributed by atoms with van der Waals surface area (Å²) in [5.41, 5.74) is 2.18. The first-order chi connectivity index (χ1) is 14.4. The number of hydrogen-bond donors (Lipinski definition) is 0. The molecule has 0 saturated heterocycles. The zero-order valence-corrected chi connectivity index (χ0v) is 18.3. The van der Waals surface area contributed by atoms with Crippen LogP contribution in [0.1, 0.15) is 18.7 Å². The lowest BCUT2D eigenvalue weighted by Crippen LogP contribution is -2.24. The predicted octanol–water partition coefficient (Wildman–Crippen LogP) is 4.88. The highest BCUT2D eigenvalue weighted by Gasteiger charge is 2.59. The molecule has 0 bridgehead atoms. The zero-order chi connectivity index (χ0) is 20.9. The van der Waals surface area contributed by atoms with E-state index in [9.17, 15) is 8.42 Å². The van der Waals surface area contributed by atoms with E-state index in [4.69, 9.17) is 21.3 Å². The molecule has 1 fully saturated rings. The van der Waals surface area contributed by atoms with Crippen molar-refractivity contribution in [1.82, 2.24) is 15.0 Å². The maximum Gasteiger partial charge on any atom is 0.212 e. The summed E-state index contributed by atoms with van der Waals surface area (Å²) >= 11 is 7.56. The lowest BCUT2D eigenvalue weighted by molar-refractivity contribution is 0.398. The van der Waals surface area contributed by atoms with Crippen LogP contribution in [0, 0.1) is 0 Å². The van der Waals surface area contributed by atoms with Crippen LogP contribution in [0.15, 0.2) is 58.9 Å². The van der Waals surface area contributed by atoms with E-state index in [1.807, 2.05) is 17.5 Å². The second kappa shape index (κ2) is 7.01. The quantitative estimate of drug-likeness (QED) is 0.425. The molecule has 3 aromatic heterocycles. The lowest BCUT2D eigenvalue weighted by Gasteiger charge is -2.17. The average molecular weight is 458 g/mol. The SMILES string of the molecule is COc1ccc(-c2nc(C3(S(=O)(=O)c4cccc(Cl)c4)CC3)nc3ccsc23)cn1. The highest BCUT2D eigenvalue weighted by molar-refractivity contribution is 7.92. The van der Waals surface area contributed by atoms with Crippen molar-refractivity contribution in [2.45, 2.75) is 22.5 Å². The molecule has 1 aromatic carbocycles. The van der Waals surface area contributed by atoms with Crippen LogP contribution in [0.3, 0.4) is 0 Å². The minimum Gasteiger partial charge on any atom is -0.481 e. The van der Waals surface area contributed by atoms with Gasteiger partial charge in [0.25, 0.3) is 0 Å². The van der Waals surface area contributed by atoms with Gasteiger partial charge >= 0.3 is 0 Å². The molecular weight excluding hydrogens is 442 g/mol. The molecule has 0 atom stereocenters. The van der Waals surface area contributed by atoms with Crippen LogP contribution < -0.4 is 4.74 Å². The van der Waals surface area contributed by atoms with E-state index in [1.165, 1.54) is 17.4 Å². The number of hydrogen-bond acceptors (Lipinski definition) is 7. The molecule has 5 rings (SSSR count). The number of pyridine rings is 1. The molecule has 6 nitrogen and oxygen atoms in total. The van der Waals surface area contributed by atoms with Gasteiger partial charge in [0.1, 0.15) is 4.75 Å². The Bertz CT molecular complexity index is 1360. The fraction of sp³-hybridized carbons (Fsp3) is 0.190. The van der Waals surface area contributed by atoms with Crippen molar-refractivity contribution in [2.75, 3.05) is 7.11 Å². The van der Waals surface area contributed by atoms with Crippen molar-refractivity contribution in [1.29, 1.82) is 0 Å². The van der Waals surface area contributed by atoms with Crippen molar-refractivity contribution in [3.05, 3.63) is 64.9 Å². The first-order valence-corrected chi connectivity index (χ1v) is 11.9. The number of methoxy groups -OCH3 is 1. The minimum atomic E-state index is -3.71. The highest BCUT2D eigenvalue weighted by atomic mass is 35.5. The van der Waals surface area contributed by atoms with Gasteiger partial charge in [-0.2, -0.15) is 0 Å².